The maximum atomic E-state index is 13.8. The highest BCUT2D eigenvalue weighted by atomic mass is 79.9. The molecule has 0 spiro atoms. The molecule has 5 heteroatoms. The number of hydrogen-bond acceptors (Lipinski definition) is 2. The molecule has 106 valence electrons. The summed E-state index contributed by atoms with van der Waals surface area (Å²) in [4.78, 5) is 11.2. The van der Waals surface area contributed by atoms with Gasteiger partial charge in [-0.2, -0.15) is 5.10 Å². The summed E-state index contributed by atoms with van der Waals surface area (Å²) in [5.74, 6) is -0.267. The van der Waals surface area contributed by atoms with E-state index in [2.05, 4.69) is 21.0 Å². The minimum absolute atomic E-state index is 0.267. The molecule has 0 saturated carbocycles. The van der Waals surface area contributed by atoms with Gasteiger partial charge in [0.05, 0.1) is 17.8 Å². The molecule has 0 fully saturated rings. The van der Waals surface area contributed by atoms with E-state index in [0.29, 0.717) is 30.5 Å². The van der Waals surface area contributed by atoms with Crippen LogP contribution in [0.5, 0.6) is 0 Å². The van der Waals surface area contributed by atoms with Gasteiger partial charge in [0.2, 0.25) is 0 Å². The second-order valence-corrected chi connectivity index (χ2v) is 5.44. The van der Waals surface area contributed by atoms with Crippen molar-refractivity contribution >= 4 is 22.2 Å². The minimum atomic E-state index is -0.267. The van der Waals surface area contributed by atoms with Gasteiger partial charge in [0, 0.05) is 15.7 Å². The Morgan fingerprint density at radius 1 is 1.35 bits per heavy atom. The topological polar surface area (TPSA) is 34.9 Å². The van der Waals surface area contributed by atoms with Gasteiger partial charge in [-0.3, -0.25) is 9.48 Å². The van der Waals surface area contributed by atoms with E-state index in [1.165, 1.54) is 6.07 Å². The smallest absolute Gasteiger partial charge is 0.153 e. The standard InChI is InChI=1S/C15H16BrFN2O/c1-3-14-12(9-20)15(4-2)19(18-14)8-10-7-11(16)5-6-13(10)17/h5-7,9H,3-4,8H2,1-2H3. The Kier molecular flexibility index (Phi) is 4.70. The molecule has 1 aromatic carbocycles. The number of halogens is 2. The molecule has 0 radical (unpaired) electrons. The van der Waals surface area contributed by atoms with Gasteiger partial charge in [-0.15, -0.1) is 0 Å². The number of nitrogens with zero attached hydrogens (tertiary/aromatic N) is 2. The molecule has 0 aliphatic rings. The van der Waals surface area contributed by atoms with Gasteiger partial charge >= 0.3 is 0 Å². The summed E-state index contributed by atoms with van der Waals surface area (Å²) in [7, 11) is 0. The second-order valence-electron chi connectivity index (χ2n) is 4.53. The summed E-state index contributed by atoms with van der Waals surface area (Å²) in [5, 5.41) is 4.44. The molecule has 0 saturated heterocycles. The van der Waals surface area contributed by atoms with Crippen molar-refractivity contribution in [1.82, 2.24) is 9.78 Å². The van der Waals surface area contributed by atoms with Crippen LogP contribution < -0.4 is 0 Å². The van der Waals surface area contributed by atoms with Crippen LogP contribution in [0.4, 0.5) is 4.39 Å². The molecular formula is C15H16BrFN2O. The number of benzene rings is 1. The van der Waals surface area contributed by atoms with E-state index in [9.17, 15) is 9.18 Å². The molecule has 1 heterocycles. The Labute approximate surface area is 125 Å². The van der Waals surface area contributed by atoms with Crippen molar-refractivity contribution in [3.05, 3.63) is 51.0 Å². The molecule has 0 unspecified atom stereocenters. The third-order valence-electron chi connectivity index (χ3n) is 3.29. The van der Waals surface area contributed by atoms with Crippen molar-refractivity contribution in [2.75, 3.05) is 0 Å². The molecule has 0 bridgehead atoms. The van der Waals surface area contributed by atoms with E-state index in [1.54, 1.807) is 16.8 Å². The monoisotopic (exact) mass is 338 g/mol. The van der Waals surface area contributed by atoms with Crippen LogP contribution in [0.1, 0.15) is 41.2 Å². The normalized spacial score (nSPS) is 10.8. The highest BCUT2D eigenvalue weighted by Gasteiger charge is 2.16. The van der Waals surface area contributed by atoms with E-state index in [0.717, 1.165) is 22.1 Å². The fourth-order valence-electron chi connectivity index (χ4n) is 2.29. The van der Waals surface area contributed by atoms with Crippen LogP contribution in [0.2, 0.25) is 0 Å². The highest BCUT2D eigenvalue weighted by Crippen LogP contribution is 2.20. The van der Waals surface area contributed by atoms with Gasteiger partial charge in [0.15, 0.2) is 6.29 Å². The molecule has 0 amide bonds. The maximum Gasteiger partial charge on any atom is 0.153 e. The summed E-state index contributed by atoms with van der Waals surface area (Å²) in [6.07, 6.45) is 2.23. The van der Waals surface area contributed by atoms with Crippen LogP contribution in [0.3, 0.4) is 0 Å². The Morgan fingerprint density at radius 3 is 2.70 bits per heavy atom. The van der Waals surface area contributed by atoms with E-state index < -0.39 is 0 Å². The van der Waals surface area contributed by atoms with Crippen molar-refractivity contribution in [3.8, 4) is 0 Å². The maximum absolute atomic E-state index is 13.8. The zero-order chi connectivity index (χ0) is 14.7. The first kappa shape index (κ1) is 14.9. The van der Waals surface area contributed by atoms with E-state index in [1.807, 2.05) is 13.8 Å². The summed E-state index contributed by atoms with van der Waals surface area (Å²) < 4.78 is 16.4. The third kappa shape index (κ3) is 2.82. The number of carbonyl (C=O) groups excluding carboxylic acids is 1. The Morgan fingerprint density at radius 2 is 2.10 bits per heavy atom. The fraction of sp³-hybridized carbons (Fsp3) is 0.333. The number of hydrogen-bond donors (Lipinski definition) is 0. The fourth-order valence-corrected chi connectivity index (χ4v) is 2.70. The highest BCUT2D eigenvalue weighted by molar-refractivity contribution is 9.10. The van der Waals surface area contributed by atoms with Crippen LogP contribution in [0.15, 0.2) is 22.7 Å². The average molecular weight is 339 g/mol. The van der Waals surface area contributed by atoms with Crippen LogP contribution >= 0.6 is 15.9 Å². The Hall–Kier alpha value is -1.49. The lowest BCUT2D eigenvalue weighted by atomic mass is 10.1. The van der Waals surface area contributed by atoms with Gasteiger partial charge < -0.3 is 0 Å². The van der Waals surface area contributed by atoms with Crippen LogP contribution in [-0.2, 0) is 19.4 Å². The number of aromatic nitrogens is 2. The van der Waals surface area contributed by atoms with Crippen molar-refractivity contribution < 1.29 is 9.18 Å². The van der Waals surface area contributed by atoms with Crippen LogP contribution in [0.25, 0.3) is 0 Å². The molecule has 0 N–H and O–H groups in total. The zero-order valence-corrected chi connectivity index (χ0v) is 13.1. The van der Waals surface area contributed by atoms with Crippen molar-refractivity contribution in [3.63, 3.8) is 0 Å². The summed E-state index contributed by atoms with van der Waals surface area (Å²) >= 11 is 3.34. The molecule has 2 rings (SSSR count). The third-order valence-corrected chi connectivity index (χ3v) is 3.78. The number of carbonyl (C=O) groups is 1. The minimum Gasteiger partial charge on any atom is -0.298 e. The Balaban J connectivity index is 2.45. The predicted molar refractivity (Wildman–Crippen MR) is 79.6 cm³/mol. The number of rotatable bonds is 5. The largest absolute Gasteiger partial charge is 0.298 e. The van der Waals surface area contributed by atoms with Crippen molar-refractivity contribution in [2.45, 2.75) is 33.2 Å². The SMILES string of the molecule is CCc1nn(Cc2cc(Br)ccc2F)c(CC)c1C=O. The number of aryl methyl sites for hydroxylation is 1. The zero-order valence-electron chi connectivity index (χ0n) is 11.5. The molecule has 1 aromatic heterocycles. The average Bonchev–Trinajstić information content (AvgIpc) is 2.79. The number of aldehydes is 1. The summed E-state index contributed by atoms with van der Waals surface area (Å²) in [6, 6.07) is 4.83. The van der Waals surface area contributed by atoms with Crippen molar-refractivity contribution in [1.29, 1.82) is 0 Å². The summed E-state index contributed by atoms with van der Waals surface area (Å²) in [5.41, 5.74) is 2.82. The molecule has 0 aliphatic carbocycles. The van der Waals surface area contributed by atoms with Gasteiger partial charge in [-0.25, -0.2) is 4.39 Å². The van der Waals surface area contributed by atoms with Gasteiger partial charge in [0.1, 0.15) is 5.82 Å². The molecule has 0 aliphatic heterocycles. The van der Waals surface area contributed by atoms with Crippen LogP contribution in [-0.4, -0.2) is 16.1 Å². The molecule has 3 nitrogen and oxygen atoms in total. The van der Waals surface area contributed by atoms with Gasteiger partial charge in [-0.05, 0) is 31.0 Å². The van der Waals surface area contributed by atoms with Gasteiger partial charge in [-0.1, -0.05) is 29.8 Å². The van der Waals surface area contributed by atoms with Crippen LogP contribution in [0, 0.1) is 5.82 Å². The predicted octanol–water partition coefficient (Wildman–Crippen LogP) is 3.77. The Bertz CT molecular complexity index is 637. The second kappa shape index (κ2) is 6.31. The lowest BCUT2D eigenvalue weighted by molar-refractivity contribution is 0.112. The van der Waals surface area contributed by atoms with E-state index in [4.69, 9.17) is 0 Å². The molecule has 2 aromatic rings. The summed E-state index contributed by atoms with van der Waals surface area (Å²) in [6.45, 7) is 4.26. The quantitative estimate of drug-likeness (QED) is 0.778. The first-order chi connectivity index (χ1) is 9.60. The molecule has 0 atom stereocenters. The lowest BCUT2D eigenvalue weighted by Crippen LogP contribution is -2.08. The molecular weight excluding hydrogens is 323 g/mol. The lowest BCUT2D eigenvalue weighted by Gasteiger charge is -2.08. The first-order valence-corrected chi connectivity index (χ1v) is 7.37. The van der Waals surface area contributed by atoms with E-state index >= 15 is 0 Å². The van der Waals surface area contributed by atoms with Gasteiger partial charge in [0.25, 0.3) is 0 Å². The van der Waals surface area contributed by atoms with E-state index in [-0.39, 0.29) is 5.82 Å². The van der Waals surface area contributed by atoms with Crippen molar-refractivity contribution in [2.24, 2.45) is 0 Å². The first-order valence-electron chi connectivity index (χ1n) is 6.58. The molecule has 20 heavy (non-hydrogen) atoms.